The first-order valence-electron chi connectivity index (χ1n) is 6.07. The molecule has 0 saturated heterocycles. The predicted octanol–water partition coefficient (Wildman–Crippen LogP) is 4.03. The zero-order valence-electron chi connectivity index (χ0n) is 11.4. The van der Waals surface area contributed by atoms with Gasteiger partial charge in [-0.05, 0) is 32.3 Å². The van der Waals surface area contributed by atoms with E-state index in [4.69, 9.17) is 0 Å². The molecule has 0 N–H and O–H groups in total. The lowest BCUT2D eigenvalue weighted by Crippen LogP contribution is -1.99. The maximum Gasteiger partial charge on any atom is -0.0140 e. The zero-order valence-corrected chi connectivity index (χ0v) is 11.4. The summed E-state index contributed by atoms with van der Waals surface area (Å²) in [5, 5.41) is 0. The van der Waals surface area contributed by atoms with Crippen molar-refractivity contribution in [2.45, 2.75) is 0 Å². The van der Waals surface area contributed by atoms with Crippen LogP contribution in [0.4, 0.5) is 0 Å². The Bertz CT molecular complexity index is 399. The van der Waals surface area contributed by atoms with Gasteiger partial charge in [-0.15, -0.1) is 0 Å². The molecule has 0 spiro atoms. The second-order valence-electron chi connectivity index (χ2n) is 4.50. The molecule has 0 heterocycles. The number of hydrogen-bond acceptors (Lipinski definition) is 1. The predicted molar refractivity (Wildman–Crippen MR) is 81.4 cm³/mol. The average molecular weight is 239 g/mol. The Hall–Kier alpha value is -1.86. The molecule has 0 amide bonds. The number of benzene rings is 2. The Morgan fingerprint density at radius 3 is 1.17 bits per heavy atom. The highest BCUT2D eigenvalue weighted by molar-refractivity contribution is 5.69. The summed E-state index contributed by atoms with van der Waals surface area (Å²) in [5.74, 6) is 0. The van der Waals surface area contributed by atoms with Gasteiger partial charge in [-0.1, -0.05) is 72.8 Å². The van der Waals surface area contributed by atoms with Gasteiger partial charge < -0.3 is 4.90 Å². The molecule has 0 saturated carbocycles. The molecular formula is C17H21N. The Morgan fingerprint density at radius 1 is 0.611 bits per heavy atom. The summed E-state index contributed by atoms with van der Waals surface area (Å²) in [6.07, 6.45) is 4.24. The van der Waals surface area contributed by atoms with Gasteiger partial charge in [0.05, 0.1) is 0 Å². The van der Waals surface area contributed by atoms with E-state index in [-0.39, 0.29) is 0 Å². The third-order valence-electron chi connectivity index (χ3n) is 2.07. The molecule has 2 aromatic carbocycles. The van der Waals surface area contributed by atoms with Gasteiger partial charge >= 0.3 is 0 Å². The SMILES string of the molecule is C(=Cc1ccccc1)c1ccccc1.CN(C)C. The molecule has 0 radical (unpaired) electrons. The molecule has 0 aromatic heterocycles. The van der Waals surface area contributed by atoms with Crippen molar-refractivity contribution in [3.8, 4) is 0 Å². The molecule has 2 aromatic rings. The molecule has 0 aliphatic rings. The molecule has 0 atom stereocenters. The van der Waals surface area contributed by atoms with E-state index in [9.17, 15) is 0 Å². The summed E-state index contributed by atoms with van der Waals surface area (Å²) in [4.78, 5) is 2.00. The van der Waals surface area contributed by atoms with Gasteiger partial charge in [0.1, 0.15) is 0 Å². The first-order chi connectivity index (χ1) is 8.68. The lowest BCUT2D eigenvalue weighted by molar-refractivity contribution is 0.505. The van der Waals surface area contributed by atoms with Crippen LogP contribution in [-0.2, 0) is 0 Å². The Labute approximate surface area is 110 Å². The highest BCUT2D eigenvalue weighted by Crippen LogP contribution is 2.06. The van der Waals surface area contributed by atoms with Crippen molar-refractivity contribution in [3.05, 3.63) is 71.8 Å². The fourth-order valence-electron chi connectivity index (χ4n) is 1.32. The van der Waals surface area contributed by atoms with E-state index < -0.39 is 0 Å². The average Bonchev–Trinajstić information content (AvgIpc) is 2.38. The summed E-state index contributed by atoms with van der Waals surface area (Å²) in [5.41, 5.74) is 2.47. The van der Waals surface area contributed by atoms with Crippen molar-refractivity contribution in [2.24, 2.45) is 0 Å². The molecule has 94 valence electrons. The van der Waals surface area contributed by atoms with Crippen LogP contribution in [0.1, 0.15) is 11.1 Å². The minimum Gasteiger partial charge on any atom is -0.312 e. The van der Waals surface area contributed by atoms with Gasteiger partial charge in [0, 0.05) is 0 Å². The van der Waals surface area contributed by atoms with Crippen LogP contribution in [-0.4, -0.2) is 26.0 Å². The second-order valence-corrected chi connectivity index (χ2v) is 4.50. The van der Waals surface area contributed by atoms with Gasteiger partial charge in [0.2, 0.25) is 0 Å². The van der Waals surface area contributed by atoms with E-state index in [2.05, 4.69) is 36.4 Å². The van der Waals surface area contributed by atoms with Crippen LogP contribution in [0.15, 0.2) is 60.7 Å². The fourth-order valence-corrected chi connectivity index (χ4v) is 1.32. The van der Waals surface area contributed by atoms with Crippen molar-refractivity contribution >= 4 is 12.2 Å². The van der Waals surface area contributed by atoms with Gasteiger partial charge in [-0.3, -0.25) is 0 Å². The van der Waals surface area contributed by atoms with Crippen molar-refractivity contribution < 1.29 is 0 Å². The molecule has 0 aliphatic carbocycles. The van der Waals surface area contributed by atoms with E-state index >= 15 is 0 Å². The van der Waals surface area contributed by atoms with E-state index in [1.165, 1.54) is 11.1 Å². The largest absolute Gasteiger partial charge is 0.312 e. The molecule has 0 bridgehead atoms. The minimum absolute atomic E-state index is 1.23. The van der Waals surface area contributed by atoms with Gasteiger partial charge in [0.15, 0.2) is 0 Å². The molecule has 2 rings (SSSR count). The van der Waals surface area contributed by atoms with Gasteiger partial charge in [-0.2, -0.15) is 0 Å². The van der Waals surface area contributed by atoms with Crippen LogP contribution in [0.25, 0.3) is 12.2 Å². The Balaban J connectivity index is 0.000000357. The molecule has 1 heteroatoms. The topological polar surface area (TPSA) is 3.24 Å². The summed E-state index contributed by atoms with van der Waals surface area (Å²) >= 11 is 0. The van der Waals surface area contributed by atoms with Crippen LogP contribution >= 0.6 is 0 Å². The lowest BCUT2D eigenvalue weighted by atomic mass is 10.1. The van der Waals surface area contributed by atoms with Crippen LogP contribution in [0.5, 0.6) is 0 Å². The molecular weight excluding hydrogens is 218 g/mol. The van der Waals surface area contributed by atoms with Crippen molar-refractivity contribution in [2.75, 3.05) is 21.1 Å². The first kappa shape index (κ1) is 14.2. The van der Waals surface area contributed by atoms with E-state index in [0.717, 1.165) is 0 Å². The highest BCUT2D eigenvalue weighted by Gasteiger charge is 1.84. The molecule has 0 aliphatic heterocycles. The summed E-state index contributed by atoms with van der Waals surface area (Å²) in [6.45, 7) is 0. The maximum atomic E-state index is 2.12. The third-order valence-corrected chi connectivity index (χ3v) is 2.07. The summed E-state index contributed by atoms with van der Waals surface area (Å²) in [7, 11) is 6.00. The van der Waals surface area contributed by atoms with Crippen LogP contribution in [0, 0.1) is 0 Å². The second kappa shape index (κ2) is 8.26. The van der Waals surface area contributed by atoms with Crippen LogP contribution in [0.2, 0.25) is 0 Å². The van der Waals surface area contributed by atoms with Gasteiger partial charge in [0.25, 0.3) is 0 Å². The quantitative estimate of drug-likeness (QED) is 0.715. The maximum absolute atomic E-state index is 2.12. The Kier molecular flexibility index (Phi) is 6.52. The first-order valence-corrected chi connectivity index (χ1v) is 6.07. The lowest BCUT2D eigenvalue weighted by Gasteiger charge is -1.92. The van der Waals surface area contributed by atoms with Crippen molar-refractivity contribution in [3.63, 3.8) is 0 Å². The molecule has 18 heavy (non-hydrogen) atoms. The normalized spacial score (nSPS) is 10.2. The molecule has 0 fully saturated rings. The number of rotatable bonds is 2. The standard InChI is InChI=1S/C14H12.C3H9N/c1-3-7-13(8-4-1)11-12-14-9-5-2-6-10-14;1-4(2)3/h1-12H;1-3H3. The van der Waals surface area contributed by atoms with Crippen LogP contribution in [0.3, 0.4) is 0 Å². The number of hydrogen-bond donors (Lipinski definition) is 0. The monoisotopic (exact) mass is 239 g/mol. The van der Waals surface area contributed by atoms with Crippen molar-refractivity contribution in [1.82, 2.24) is 4.90 Å². The van der Waals surface area contributed by atoms with E-state index in [1.807, 2.05) is 62.4 Å². The van der Waals surface area contributed by atoms with E-state index in [1.54, 1.807) is 0 Å². The third kappa shape index (κ3) is 6.66. The minimum atomic E-state index is 1.23. The highest BCUT2D eigenvalue weighted by atomic mass is 15.0. The number of nitrogens with zero attached hydrogens (tertiary/aromatic N) is 1. The molecule has 0 unspecified atom stereocenters. The Morgan fingerprint density at radius 2 is 0.889 bits per heavy atom. The van der Waals surface area contributed by atoms with Gasteiger partial charge in [-0.25, -0.2) is 0 Å². The fraction of sp³-hybridized carbons (Fsp3) is 0.176. The van der Waals surface area contributed by atoms with E-state index in [0.29, 0.717) is 0 Å². The molecule has 1 nitrogen and oxygen atoms in total. The summed E-state index contributed by atoms with van der Waals surface area (Å²) in [6, 6.07) is 20.6. The summed E-state index contributed by atoms with van der Waals surface area (Å²) < 4.78 is 0. The van der Waals surface area contributed by atoms with Crippen molar-refractivity contribution in [1.29, 1.82) is 0 Å². The smallest absolute Gasteiger partial charge is 0.0140 e. The van der Waals surface area contributed by atoms with Crippen LogP contribution < -0.4 is 0 Å². The zero-order chi connectivity index (χ0) is 13.2.